The van der Waals surface area contributed by atoms with E-state index in [1.165, 1.54) is 5.56 Å². The number of hydrogen-bond acceptors (Lipinski definition) is 3. The van der Waals surface area contributed by atoms with Crippen molar-refractivity contribution in [3.05, 3.63) is 71.3 Å². The standard InChI is InChI=1S/C25H34N4O2.HI/c1-2-26-25(27-15-9-17-29-16-8-14-24(29)30)28-18-22-12-6-7-13-23(22)20-31-19-21-10-4-3-5-11-21;/h3-7,10-13H,2,8-9,14-20H2,1H3,(H2,26,27,28);1H. The molecule has 32 heavy (non-hydrogen) atoms. The second kappa shape index (κ2) is 14.8. The Morgan fingerprint density at radius 3 is 2.50 bits per heavy atom. The maximum atomic E-state index is 11.7. The summed E-state index contributed by atoms with van der Waals surface area (Å²) in [7, 11) is 0. The summed E-state index contributed by atoms with van der Waals surface area (Å²) in [5.74, 6) is 1.09. The first-order valence-corrected chi connectivity index (χ1v) is 11.2. The highest BCUT2D eigenvalue weighted by Crippen LogP contribution is 2.13. The second-order valence-electron chi connectivity index (χ2n) is 7.71. The average Bonchev–Trinajstić information content (AvgIpc) is 3.21. The molecule has 0 bridgehead atoms. The molecular weight excluding hydrogens is 515 g/mol. The molecular formula is C25H35IN4O2. The van der Waals surface area contributed by atoms with Gasteiger partial charge in [-0.25, -0.2) is 4.99 Å². The van der Waals surface area contributed by atoms with Gasteiger partial charge in [0, 0.05) is 32.6 Å². The zero-order valence-corrected chi connectivity index (χ0v) is 21.2. The number of hydrogen-bond donors (Lipinski definition) is 2. The van der Waals surface area contributed by atoms with Crippen LogP contribution in [-0.4, -0.2) is 42.9 Å². The highest BCUT2D eigenvalue weighted by Gasteiger charge is 2.18. The lowest BCUT2D eigenvalue weighted by Gasteiger charge is -2.16. The van der Waals surface area contributed by atoms with Crippen LogP contribution in [0.1, 0.15) is 42.9 Å². The minimum absolute atomic E-state index is 0. The van der Waals surface area contributed by atoms with E-state index in [2.05, 4.69) is 41.8 Å². The van der Waals surface area contributed by atoms with Crippen LogP contribution < -0.4 is 10.6 Å². The van der Waals surface area contributed by atoms with Gasteiger partial charge in [-0.05, 0) is 36.5 Å². The average molecular weight is 550 g/mol. The summed E-state index contributed by atoms with van der Waals surface area (Å²) < 4.78 is 5.93. The van der Waals surface area contributed by atoms with Crippen molar-refractivity contribution in [3.63, 3.8) is 0 Å². The van der Waals surface area contributed by atoms with Gasteiger partial charge < -0.3 is 20.3 Å². The Morgan fingerprint density at radius 2 is 1.78 bits per heavy atom. The fourth-order valence-electron chi connectivity index (χ4n) is 3.63. The molecule has 7 heteroatoms. The van der Waals surface area contributed by atoms with Gasteiger partial charge in [0.05, 0.1) is 19.8 Å². The summed E-state index contributed by atoms with van der Waals surface area (Å²) >= 11 is 0. The van der Waals surface area contributed by atoms with E-state index >= 15 is 0 Å². The second-order valence-corrected chi connectivity index (χ2v) is 7.71. The predicted molar refractivity (Wildman–Crippen MR) is 140 cm³/mol. The van der Waals surface area contributed by atoms with Crippen molar-refractivity contribution in [3.8, 4) is 0 Å². The number of nitrogens with one attached hydrogen (secondary N) is 2. The molecule has 1 saturated heterocycles. The van der Waals surface area contributed by atoms with Crippen LogP contribution in [0.15, 0.2) is 59.6 Å². The summed E-state index contributed by atoms with van der Waals surface area (Å²) in [5.41, 5.74) is 3.49. The molecule has 0 radical (unpaired) electrons. The Balaban J connectivity index is 0.00000363. The van der Waals surface area contributed by atoms with E-state index in [9.17, 15) is 4.79 Å². The molecule has 2 aromatic rings. The third-order valence-electron chi connectivity index (χ3n) is 5.31. The fourth-order valence-corrected chi connectivity index (χ4v) is 3.63. The molecule has 1 fully saturated rings. The van der Waals surface area contributed by atoms with Crippen LogP contribution in [0.4, 0.5) is 0 Å². The maximum absolute atomic E-state index is 11.7. The topological polar surface area (TPSA) is 66.0 Å². The number of ether oxygens (including phenoxy) is 1. The first-order chi connectivity index (χ1) is 15.3. The van der Waals surface area contributed by atoms with Gasteiger partial charge in [-0.2, -0.15) is 0 Å². The third-order valence-corrected chi connectivity index (χ3v) is 5.31. The molecule has 0 spiro atoms. The van der Waals surface area contributed by atoms with Crippen LogP contribution in [0.3, 0.4) is 0 Å². The van der Waals surface area contributed by atoms with Crippen molar-refractivity contribution in [2.45, 2.75) is 45.9 Å². The minimum Gasteiger partial charge on any atom is -0.372 e. The molecule has 1 aliphatic heterocycles. The van der Waals surface area contributed by atoms with Gasteiger partial charge in [-0.15, -0.1) is 24.0 Å². The van der Waals surface area contributed by atoms with Crippen molar-refractivity contribution in [1.29, 1.82) is 0 Å². The highest BCUT2D eigenvalue weighted by atomic mass is 127. The third kappa shape index (κ3) is 8.78. The number of benzene rings is 2. The van der Waals surface area contributed by atoms with Crippen molar-refractivity contribution < 1.29 is 9.53 Å². The van der Waals surface area contributed by atoms with E-state index in [1.54, 1.807) is 0 Å². The van der Waals surface area contributed by atoms with Crippen molar-refractivity contribution in [2.75, 3.05) is 26.2 Å². The summed E-state index contributed by atoms with van der Waals surface area (Å²) in [6.45, 7) is 7.12. The lowest BCUT2D eigenvalue weighted by Crippen LogP contribution is -2.39. The van der Waals surface area contributed by atoms with Gasteiger partial charge in [-0.1, -0.05) is 54.6 Å². The monoisotopic (exact) mass is 550 g/mol. The first kappa shape index (κ1) is 26.1. The fraction of sp³-hybridized carbons (Fsp3) is 0.440. The number of nitrogens with zero attached hydrogens (tertiary/aromatic N) is 2. The predicted octanol–water partition coefficient (Wildman–Crippen LogP) is 4.09. The Morgan fingerprint density at radius 1 is 1.03 bits per heavy atom. The van der Waals surface area contributed by atoms with Gasteiger partial charge in [-0.3, -0.25) is 4.79 Å². The summed E-state index contributed by atoms with van der Waals surface area (Å²) in [6.07, 6.45) is 2.61. The zero-order chi connectivity index (χ0) is 21.7. The molecule has 0 aliphatic carbocycles. The number of guanidine groups is 1. The zero-order valence-electron chi connectivity index (χ0n) is 18.9. The summed E-state index contributed by atoms with van der Waals surface area (Å²) in [4.78, 5) is 18.4. The minimum atomic E-state index is 0. The van der Waals surface area contributed by atoms with Crippen LogP contribution in [-0.2, 0) is 29.3 Å². The molecule has 2 aromatic carbocycles. The van der Waals surface area contributed by atoms with E-state index in [4.69, 9.17) is 9.73 Å². The number of amides is 1. The van der Waals surface area contributed by atoms with E-state index in [0.717, 1.165) is 56.1 Å². The van der Waals surface area contributed by atoms with E-state index < -0.39 is 0 Å². The van der Waals surface area contributed by atoms with Gasteiger partial charge in [0.2, 0.25) is 5.91 Å². The largest absolute Gasteiger partial charge is 0.372 e. The molecule has 0 saturated carbocycles. The number of halogens is 1. The van der Waals surface area contributed by atoms with Crippen molar-refractivity contribution in [1.82, 2.24) is 15.5 Å². The number of carbonyl (C=O) groups excluding carboxylic acids is 1. The normalized spacial score (nSPS) is 13.7. The molecule has 2 N–H and O–H groups in total. The Labute approximate surface area is 208 Å². The lowest BCUT2D eigenvalue weighted by atomic mass is 10.1. The van der Waals surface area contributed by atoms with Gasteiger partial charge in [0.25, 0.3) is 0 Å². The van der Waals surface area contributed by atoms with E-state index in [-0.39, 0.29) is 29.9 Å². The number of rotatable bonds is 11. The van der Waals surface area contributed by atoms with Gasteiger partial charge >= 0.3 is 0 Å². The van der Waals surface area contributed by atoms with Crippen LogP contribution in [0.5, 0.6) is 0 Å². The number of aliphatic imine (C=N–C) groups is 1. The molecule has 174 valence electrons. The Kier molecular flexibility index (Phi) is 12.1. The van der Waals surface area contributed by atoms with Crippen LogP contribution in [0.2, 0.25) is 0 Å². The summed E-state index contributed by atoms with van der Waals surface area (Å²) in [6, 6.07) is 18.5. The van der Waals surface area contributed by atoms with Crippen LogP contribution in [0, 0.1) is 0 Å². The Bertz CT molecular complexity index is 845. The number of carbonyl (C=O) groups is 1. The van der Waals surface area contributed by atoms with Crippen LogP contribution in [0.25, 0.3) is 0 Å². The molecule has 1 heterocycles. The smallest absolute Gasteiger partial charge is 0.222 e. The Hall–Kier alpha value is -2.13. The molecule has 1 aliphatic rings. The lowest BCUT2D eigenvalue weighted by molar-refractivity contribution is -0.127. The van der Waals surface area contributed by atoms with Crippen molar-refractivity contribution in [2.24, 2.45) is 4.99 Å². The van der Waals surface area contributed by atoms with Crippen LogP contribution >= 0.6 is 24.0 Å². The van der Waals surface area contributed by atoms with Crippen molar-refractivity contribution >= 4 is 35.8 Å². The molecule has 3 rings (SSSR count). The summed E-state index contributed by atoms with van der Waals surface area (Å²) in [5, 5.41) is 6.68. The van der Waals surface area contributed by atoms with Gasteiger partial charge in [0.15, 0.2) is 5.96 Å². The molecule has 6 nitrogen and oxygen atoms in total. The number of likely N-dealkylation sites (tertiary alicyclic amines) is 1. The molecule has 0 unspecified atom stereocenters. The molecule has 0 atom stereocenters. The molecule has 0 aromatic heterocycles. The SMILES string of the molecule is CCNC(=NCc1ccccc1COCc1ccccc1)NCCCN1CCCC1=O.I. The van der Waals surface area contributed by atoms with E-state index in [1.807, 2.05) is 35.2 Å². The van der Waals surface area contributed by atoms with E-state index in [0.29, 0.717) is 26.2 Å². The maximum Gasteiger partial charge on any atom is 0.222 e. The first-order valence-electron chi connectivity index (χ1n) is 11.2. The highest BCUT2D eigenvalue weighted by molar-refractivity contribution is 14.0. The molecule has 1 amide bonds. The quantitative estimate of drug-likeness (QED) is 0.192. The van der Waals surface area contributed by atoms with Gasteiger partial charge in [0.1, 0.15) is 0 Å².